The molecule has 0 aliphatic carbocycles. The van der Waals surface area contributed by atoms with E-state index < -0.39 is 0 Å². The van der Waals surface area contributed by atoms with Gasteiger partial charge in [0.15, 0.2) is 11.4 Å². The van der Waals surface area contributed by atoms with Crippen molar-refractivity contribution in [2.24, 2.45) is 0 Å². The fraction of sp³-hybridized carbons (Fsp3) is 0.318. The smallest absolute Gasteiger partial charge is 0.183 e. The number of carbonyl (C=O) groups excluding carboxylic acids is 1. The molecular formula is C22H27Cl2N3OS2. The van der Waals surface area contributed by atoms with Crippen molar-refractivity contribution in [3.8, 4) is 0 Å². The molecule has 2 aromatic heterocycles. The number of nitrogens with one attached hydrogen (secondary N) is 1. The van der Waals surface area contributed by atoms with E-state index in [1.54, 1.807) is 53.6 Å². The molecule has 4 nitrogen and oxygen atoms in total. The lowest BCUT2D eigenvalue weighted by atomic mass is 10.2. The molecule has 0 saturated heterocycles. The van der Waals surface area contributed by atoms with Gasteiger partial charge >= 0.3 is 0 Å². The lowest BCUT2D eigenvalue weighted by Gasteiger charge is -2.06. The largest absolute Gasteiger partial charge is 0.365 e. The third-order valence-electron chi connectivity index (χ3n) is 3.56. The highest BCUT2D eigenvalue weighted by atomic mass is 35.5. The Hall–Kier alpha value is -1.60. The van der Waals surface area contributed by atoms with Gasteiger partial charge in [-0.25, -0.2) is 4.98 Å². The third-order valence-corrected chi connectivity index (χ3v) is 6.56. The Morgan fingerprint density at radius 2 is 1.93 bits per heavy atom. The van der Waals surface area contributed by atoms with Crippen molar-refractivity contribution in [3.63, 3.8) is 0 Å². The van der Waals surface area contributed by atoms with E-state index in [4.69, 9.17) is 23.2 Å². The number of carbonyl (C=O) groups is 1. The molecule has 0 spiro atoms. The maximum absolute atomic E-state index is 9.94. The minimum Gasteiger partial charge on any atom is -0.365 e. The molecule has 0 fully saturated rings. The van der Waals surface area contributed by atoms with Crippen LogP contribution in [0.2, 0.25) is 10.0 Å². The zero-order chi connectivity index (χ0) is 22.5. The number of aldehydes is 1. The second kappa shape index (κ2) is 14.4. The molecule has 0 aliphatic rings. The summed E-state index contributed by atoms with van der Waals surface area (Å²) in [6.07, 6.45) is 2.31. The number of hydrogen-bond acceptors (Lipinski definition) is 6. The maximum Gasteiger partial charge on any atom is 0.183 e. The Labute approximate surface area is 197 Å². The third kappa shape index (κ3) is 8.64. The van der Waals surface area contributed by atoms with Crippen molar-refractivity contribution < 1.29 is 4.79 Å². The first-order valence-corrected chi connectivity index (χ1v) is 12.1. The molecule has 0 atom stereocenters. The van der Waals surface area contributed by atoms with E-state index in [-0.39, 0.29) is 0 Å². The summed E-state index contributed by atoms with van der Waals surface area (Å²) in [5.41, 5.74) is 2.72. The number of thioether (sulfide) groups is 1. The number of halogens is 2. The molecule has 0 bridgehead atoms. The van der Waals surface area contributed by atoms with Crippen LogP contribution in [0.25, 0.3) is 0 Å². The maximum atomic E-state index is 9.94. The number of rotatable bonds is 6. The lowest BCUT2D eigenvalue weighted by molar-refractivity contribution is 0.111. The molecule has 1 aromatic carbocycles. The molecule has 0 radical (unpaired) electrons. The zero-order valence-corrected chi connectivity index (χ0v) is 20.9. The first-order valence-electron chi connectivity index (χ1n) is 9.56. The normalized spacial score (nSPS) is 9.87. The predicted octanol–water partition coefficient (Wildman–Crippen LogP) is 7.83. The first-order chi connectivity index (χ1) is 14.4. The van der Waals surface area contributed by atoms with E-state index >= 15 is 0 Å². The van der Waals surface area contributed by atoms with E-state index in [1.807, 2.05) is 33.0 Å². The van der Waals surface area contributed by atoms with Gasteiger partial charge in [0.05, 0.1) is 9.90 Å². The fourth-order valence-electron chi connectivity index (χ4n) is 2.12. The van der Waals surface area contributed by atoms with Crippen LogP contribution >= 0.6 is 46.3 Å². The van der Waals surface area contributed by atoms with Gasteiger partial charge in [-0.15, -0.1) is 11.8 Å². The van der Waals surface area contributed by atoms with E-state index in [1.165, 1.54) is 4.21 Å². The molecule has 2 heterocycles. The van der Waals surface area contributed by atoms with Crippen molar-refractivity contribution in [2.45, 2.75) is 43.6 Å². The summed E-state index contributed by atoms with van der Waals surface area (Å²) in [6.45, 7) is 8.32. The lowest BCUT2D eigenvalue weighted by Crippen LogP contribution is -1.92. The number of anilines is 1. The SMILES string of the molecule is CC.CNc1nc(C(C)C)c(SCc2ccc(Cl)cc2Cl)s1.O=Cc1ccccn1. The van der Waals surface area contributed by atoms with E-state index in [0.29, 0.717) is 16.6 Å². The molecule has 3 aromatic rings. The summed E-state index contributed by atoms with van der Waals surface area (Å²) in [6, 6.07) is 10.8. The summed E-state index contributed by atoms with van der Waals surface area (Å²) in [5, 5.41) is 5.45. The van der Waals surface area contributed by atoms with Crippen molar-refractivity contribution in [2.75, 3.05) is 12.4 Å². The summed E-state index contributed by atoms with van der Waals surface area (Å²) in [5.74, 6) is 1.23. The first kappa shape index (κ1) is 26.4. The second-order valence-electron chi connectivity index (χ2n) is 5.99. The van der Waals surface area contributed by atoms with Gasteiger partial charge in [-0.3, -0.25) is 9.78 Å². The Morgan fingerprint density at radius 3 is 2.43 bits per heavy atom. The van der Waals surface area contributed by atoms with E-state index in [2.05, 4.69) is 29.1 Å². The fourth-order valence-corrected chi connectivity index (χ4v) is 5.10. The molecule has 0 aliphatic heterocycles. The minimum absolute atomic E-state index is 0.413. The zero-order valence-electron chi connectivity index (χ0n) is 17.8. The van der Waals surface area contributed by atoms with Gasteiger partial charge < -0.3 is 5.32 Å². The van der Waals surface area contributed by atoms with Gasteiger partial charge in [0.25, 0.3) is 0 Å². The van der Waals surface area contributed by atoms with E-state index in [9.17, 15) is 4.79 Å². The van der Waals surface area contributed by atoms with Crippen LogP contribution < -0.4 is 5.32 Å². The number of benzene rings is 1. The Balaban J connectivity index is 0.000000375. The number of thiazole rings is 1. The quantitative estimate of drug-likeness (QED) is 0.285. The molecule has 1 N–H and O–H groups in total. The van der Waals surface area contributed by atoms with Gasteiger partial charge in [-0.2, -0.15) is 0 Å². The van der Waals surface area contributed by atoms with Crippen LogP contribution in [0.5, 0.6) is 0 Å². The van der Waals surface area contributed by atoms with Crippen molar-refractivity contribution >= 4 is 57.7 Å². The van der Waals surface area contributed by atoms with Crippen LogP contribution in [-0.4, -0.2) is 23.3 Å². The summed E-state index contributed by atoms with van der Waals surface area (Å²) in [7, 11) is 1.90. The second-order valence-corrected chi connectivity index (χ2v) is 9.08. The highest BCUT2D eigenvalue weighted by Gasteiger charge is 2.15. The molecule has 3 rings (SSSR count). The van der Waals surface area contributed by atoms with Crippen molar-refractivity contribution in [1.29, 1.82) is 0 Å². The molecule has 0 amide bonds. The number of nitrogens with zero attached hydrogens (tertiary/aromatic N) is 2. The van der Waals surface area contributed by atoms with Gasteiger partial charge in [0, 0.05) is 29.0 Å². The summed E-state index contributed by atoms with van der Waals surface area (Å²) < 4.78 is 1.25. The highest BCUT2D eigenvalue weighted by Crippen LogP contribution is 2.38. The Morgan fingerprint density at radius 1 is 1.20 bits per heavy atom. The molecular weight excluding hydrogens is 457 g/mol. The van der Waals surface area contributed by atoms with Crippen LogP contribution in [-0.2, 0) is 5.75 Å². The van der Waals surface area contributed by atoms with Crippen LogP contribution in [0.4, 0.5) is 5.13 Å². The topological polar surface area (TPSA) is 54.9 Å². The van der Waals surface area contributed by atoms with Gasteiger partial charge in [-0.05, 0) is 35.7 Å². The van der Waals surface area contributed by atoms with Crippen LogP contribution in [0, 0.1) is 0 Å². The summed E-state index contributed by atoms with van der Waals surface area (Å²) >= 11 is 15.6. The van der Waals surface area contributed by atoms with Crippen molar-refractivity contribution in [3.05, 3.63) is 69.6 Å². The van der Waals surface area contributed by atoms with Gasteiger partial charge in [-0.1, -0.05) is 74.4 Å². The molecule has 30 heavy (non-hydrogen) atoms. The molecule has 162 valence electrons. The number of pyridine rings is 1. The Kier molecular flexibility index (Phi) is 12.7. The van der Waals surface area contributed by atoms with Crippen LogP contribution in [0.15, 0.2) is 46.8 Å². The minimum atomic E-state index is 0.413. The average Bonchev–Trinajstić information content (AvgIpc) is 3.19. The standard InChI is InChI=1S/C14H16Cl2N2S2.C6H5NO.C2H6/c1-8(2)12-13(20-14(17-3)18-12)19-7-9-4-5-10(15)6-11(9)16;8-5-6-3-1-2-4-7-6;1-2/h4-6,8H,7H2,1-3H3,(H,17,18);1-5H;1-2H3. The van der Waals surface area contributed by atoms with Gasteiger partial charge in [0.1, 0.15) is 5.69 Å². The number of hydrogen-bond donors (Lipinski definition) is 1. The summed E-state index contributed by atoms with van der Waals surface area (Å²) in [4.78, 5) is 18.3. The van der Waals surface area contributed by atoms with Gasteiger partial charge in [0.2, 0.25) is 0 Å². The predicted molar refractivity (Wildman–Crippen MR) is 133 cm³/mol. The van der Waals surface area contributed by atoms with Crippen LogP contribution in [0.1, 0.15) is 55.4 Å². The number of aromatic nitrogens is 2. The van der Waals surface area contributed by atoms with E-state index in [0.717, 1.165) is 33.5 Å². The Bertz CT molecular complexity index is 903. The van der Waals surface area contributed by atoms with Crippen molar-refractivity contribution in [1.82, 2.24) is 9.97 Å². The monoisotopic (exact) mass is 483 g/mol. The molecule has 8 heteroatoms. The average molecular weight is 485 g/mol. The van der Waals surface area contributed by atoms with Crippen LogP contribution in [0.3, 0.4) is 0 Å². The highest BCUT2D eigenvalue weighted by molar-refractivity contribution is 8.00. The molecule has 0 unspecified atom stereocenters. The molecule has 0 saturated carbocycles.